The number of methoxy groups -OCH3 is 1. The highest BCUT2D eigenvalue weighted by molar-refractivity contribution is 7.80. The molecule has 9 heteroatoms. The van der Waals surface area contributed by atoms with Crippen LogP contribution in [-0.2, 0) is 0 Å². The number of hydrogen-bond donors (Lipinski definition) is 2. The van der Waals surface area contributed by atoms with Crippen molar-refractivity contribution in [3.8, 4) is 5.75 Å². The molecule has 0 heterocycles. The molecule has 0 atom stereocenters. The number of carbonyl (C=O) groups is 1. The number of nitro benzene ring substituents is 1. The summed E-state index contributed by atoms with van der Waals surface area (Å²) in [6.07, 6.45) is 0. The van der Waals surface area contributed by atoms with Gasteiger partial charge >= 0.3 is 0 Å². The first-order valence-corrected chi connectivity index (χ1v) is 8.81. The van der Waals surface area contributed by atoms with Gasteiger partial charge in [0.05, 0.1) is 17.7 Å². The van der Waals surface area contributed by atoms with Gasteiger partial charge in [-0.05, 0) is 35.8 Å². The molecule has 1 amide bonds. The molecule has 3 aromatic rings. The van der Waals surface area contributed by atoms with Crippen molar-refractivity contribution in [3.63, 3.8) is 0 Å². The van der Waals surface area contributed by atoms with Crippen molar-refractivity contribution < 1.29 is 14.5 Å². The summed E-state index contributed by atoms with van der Waals surface area (Å²) in [7, 11) is 1.42. The number of hydrogen-bond acceptors (Lipinski definition) is 5. The lowest BCUT2D eigenvalue weighted by molar-refractivity contribution is -0.384. The fraction of sp³-hybridized carbons (Fsp3) is 0.0526. The molecule has 0 aromatic heterocycles. The fourth-order valence-electron chi connectivity index (χ4n) is 2.70. The Morgan fingerprint density at radius 1 is 1.14 bits per heavy atom. The second kappa shape index (κ2) is 8.20. The van der Waals surface area contributed by atoms with Crippen molar-refractivity contribution in [3.05, 3.63) is 75.3 Å². The number of thiocarbonyl (C=S) groups is 1. The second-order valence-electron chi connectivity index (χ2n) is 5.69. The molecule has 142 valence electrons. The van der Waals surface area contributed by atoms with E-state index in [1.165, 1.54) is 25.3 Å². The summed E-state index contributed by atoms with van der Waals surface area (Å²) in [4.78, 5) is 23.1. The predicted molar refractivity (Wildman–Crippen MR) is 112 cm³/mol. The number of nitrogens with one attached hydrogen (secondary N) is 2. The van der Waals surface area contributed by atoms with Crippen molar-refractivity contribution in [2.75, 3.05) is 12.4 Å². The summed E-state index contributed by atoms with van der Waals surface area (Å²) >= 11 is 11.4. The average Bonchev–Trinajstić information content (AvgIpc) is 2.67. The first-order chi connectivity index (χ1) is 13.4. The third-order valence-electron chi connectivity index (χ3n) is 3.98. The quantitative estimate of drug-likeness (QED) is 0.369. The van der Waals surface area contributed by atoms with Gasteiger partial charge in [0.1, 0.15) is 5.75 Å². The van der Waals surface area contributed by atoms with Crippen LogP contribution < -0.4 is 15.4 Å². The normalized spacial score (nSPS) is 10.4. The molecular weight excluding hydrogens is 402 g/mol. The highest BCUT2D eigenvalue weighted by Crippen LogP contribution is 2.29. The minimum atomic E-state index is -0.536. The number of nitrogens with zero attached hydrogens (tertiary/aromatic N) is 1. The monoisotopic (exact) mass is 415 g/mol. The lowest BCUT2D eigenvalue weighted by Gasteiger charge is -2.13. The number of non-ortho nitro benzene ring substituents is 1. The first kappa shape index (κ1) is 19.5. The van der Waals surface area contributed by atoms with Gasteiger partial charge in [0.25, 0.3) is 11.6 Å². The zero-order valence-corrected chi connectivity index (χ0v) is 16.1. The molecule has 0 aliphatic heterocycles. The van der Waals surface area contributed by atoms with E-state index in [4.69, 9.17) is 28.6 Å². The highest BCUT2D eigenvalue weighted by atomic mass is 35.5. The maximum absolute atomic E-state index is 12.7. The van der Waals surface area contributed by atoms with Crippen molar-refractivity contribution in [1.82, 2.24) is 5.32 Å². The first-order valence-electron chi connectivity index (χ1n) is 8.02. The van der Waals surface area contributed by atoms with Crippen LogP contribution in [0.1, 0.15) is 10.4 Å². The number of amides is 1. The SMILES string of the molecule is COc1ccc([N+](=O)[O-])cc1NC(=S)NC(=O)c1cccc2c(Cl)cccc12. The third kappa shape index (κ3) is 4.03. The Kier molecular flexibility index (Phi) is 5.72. The van der Waals surface area contributed by atoms with E-state index in [-0.39, 0.29) is 16.5 Å². The Hall–Kier alpha value is -3.23. The molecule has 28 heavy (non-hydrogen) atoms. The Morgan fingerprint density at radius 2 is 1.86 bits per heavy atom. The molecule has 0 fully saturated rings. The van der Waals surface area contributed by atoms with Gasteiger partial charge in [0, 0.05) is 28.1 Å². The number of carbonyl (C=O) groups excluding carboxylic acids is 1. The van der Waals surface area contributed by atoms with Crippen molar-refractivity contribution >= 4 is 57.0 Å². The number of halogens is 1. The summed E-state index contributed by atoms with van der Waals surface area (Å²) in [5.74, 6) is -0.0890. The van der Waals surface area contributed by atoms with E-state index in [1.807, 2.05) is 6.07 Å². The van der Waals surface area contributed by atoms with Gasteiger partial charge in [-0.3, -0.25) is 20.2 Å². The van der Waals surface area contributed by atoms with Crippen LogP contribution in [0.2, 0.25) is 5.02 Å². The molecule has 0 saturated carbocycles. The molecule has 2 N–H and O–H groups in total. The molecule has 0 bridgehead atoms. The number of nitro groups is 1. The summed E-state index contributed by atoms with van der Waals surface area (Å²) in [6.45, 7) is 0. The molecule has 0 aliphatic rings. The van der Waals surface area contributed by atoms with Gasteiger partial charge in [-0.25, -0.2) is 0 Å². The predicted octanol–water partition coefficient (Wildman–Crippen LogP) is 4.54. The highest BCUT2D eigenvalue weighted by Gasteiger charge is 2.15. The smallest absolute Gasteiger partial charge is 0.271 e. The van der Waals surface area contributed by atoms with Gasteiger partial charge in [-0.1, -0.05) is 35.9 Å². The van der Waals surface area contributed by atoms with Gasteiger partial charge in [0.15, 0.2) is 5.11 Å². The van der Waals surface area contributed by atoms with Crippen LogP contribution in [0.5, 0.6) is 5.75 Å². The molecule has 0 aliphatic carbocycles. The van der Waals surface area contributed by atoms with Gasteiger partial charge in [0.2, 0.25) is 0 Å². The number of rotatable bonds is 4. The number of anilines is 1. The number of ether oxygens (including phenoxy) is 1. The van der Waals surface area contributed by atoms with E-state index < -0.39 is 10.8 Å². The molecule has 0 saturated heterocycles. The van der Waals surface area contributed by atoms with Crippen LogP contribution in [0.25, 0.3) is 10.8 Å². The zero-order chi connectivity index (χ0) is 20.3. The Morgan fingerprint density at radius 3 is 2.57 bits per heavy atom. The Balaban J connectivity index is 1.83. The average molecular weight is 416 g/mol. The third-order valence-corrected chi connectivity index (χ3v) is 4.52. The van der Waals surface area contributed by atoms with Crippen molar-refractivity contribution in [2.45, 2.75) is 0 Å². The maximum atomic E-state index is 12.7. The summed E-state index contributed by atoms with van der Waals surface area (Å²) in [6, 6.07) is 14.5. The van der Waals surface area contributed by atoms with Crippen molar-refractivity contribution in [1.29, 1.82) is 0 Å². The zero-order valence-electron chi connectivity index (χ0n) is 14.6. The standard InChI is InChI=1S/C19H14ClN3O4S/c1-27-17-9-8-11(23(25)26)10-16(17)21-19(28)22-18(24)14-6-2-5-13-12(14)4-3-7-15(13)20/h2-10H,1H3,(H2,21,22,24,28). The minimum Gasteiger partial charge on any atom is -0.495 e. The fourth-order valence-corrected chi connectivity index (χ4v) is 3.14. The van der Waals surface area contributed by atoms with E-state index in [0.29, 0.717) is 21.7 Å². The second-order valence-corrected chi connectivity index (χ2v) is 6.51. The molecular formula is C19H14ClN3O4S. The van der Waals surface area contributed by atoms with E-state index in [9.17, 15) is 14.9 Å². The number of benzene rings is 3. The maximum Gasteiger partial charge on any atom is 0.271 e. The summed E-state index contributed by atoms with van der Waals surface area (Å²) in [5.41, 5.74) is 0.527. The van der Waals surface area contributed by atoms with Gasteiger partial charge in [-0.15, -0.1) is 0 Å². The van der Waals surface area contributed by atoms with Crippen molar-refractivity contribution in [2.24, 2.45) is 0 Å². The Labute approximate surface area is 170 Å². The van der Waals surface area contributed by atoms with E-state index >= 15 is 0 Å². The topological polar surface area (TPSA) is 93.5 Å². The lowest BCUT2D eigenvalue weighted by atomic mass is 10.0. The molecule has 3 rings (SSSR count). The van der Waals surface area contributed by atoms with Crippen LogP contribution in [0.3, 0.4) is 0 Å². The van der Waals surface area contributed by atoms with E-state index in [1.54, 1.807) is 30.3 Å². The molecule has 7 nitrogen and oxygen atoms in total. The van der Waals surface area contributed by atoms with Crippen LogP contribution >= 0.6 is 23.8 Å². The Bertz CT molecular complexity index is 1100. The van der Waals surface area contributed by atoms with E-state index in [2.05, 4.69) is 10.6 Å². The molecule has 3 aromatic carbocycles. The van der Waals surface area contributed by atoms with Gasteiger partial charge in [-0.2, -0.15) is 0 Å². The lowest BCUT2D eigenvalue weighted by Crippen LogP contribution is -2.34. The van der Waals surface area contributed by atoms with E-state index in [0.717, 1.165) is 5.39 Å². The summed E-state index contributed by atoms with van der Waals surface area (Å²) < 4.78 is 5.17. The van der Waals surface area contributed by atoms with Crippen LogP contribution in [0.4, 0.5) is 11.4 Å². The molecule has 0 unspecified atom stereocenters. The van der Waals surface area contributed by atoms with Crippen LogP contribution in [0, 0.1) is 10.1 Å². The molecule has 0 spiro atoms. The minimum absolute atomic E-state index is 0.0252. The molecule has 0 radical (unpaired) electrons. The number of fused-ring (bicyclic) bond motifs is 1. The summed E-state index contributed by atoms with van der Waals surface area (Å²) in [5, 5.41) is 18.2. The van der Waals surface area contributed by atoms with Gasteiger partial charge < -0.3 is 10.1 Å². The van der Waals surface area contributed by atoms with Crippen LogP contribution in [0.15, 0.2) is 54.6 Å². The largest absolute Gasteiger partial charge is 0.495 e. The van der Waals surface area contributed by atoms with Crippen LogP contribution in [-0.4, -0.2) is 23.1 Å².